The normalized spacial score (nSPS) is 12.6. The minimum atomic E-state index is -5.21. The highest BCUT2D eigenvalue weighted by atomic mass is 32.2. The van der Waals surface area contributed by atoms with Gasteiger partial charge in [-0.05, 0) is 66.2 Å². The lowest BCUT2D eigenvalue weighted by molar-refractivity contribution is -0.149. The number of hydrogen-bond acceptors (Lipinski definition) is 4. The molecule has 7 nitrogen and oxygen atoms in total. The van der Waals surface area contributed by atoms with Gasteiger partial charge in [-0.3, -0.25) is 14.4 Å². The Hall–Kier alpha value is -4.28. The summed E-state index contributed by atoms with van der Waals surface area (Å²) in [5.74, 6) is -3.85. The molecule has 3 aromatic rings. The molecule has 0 aromatic heterocycles. The van der Waals surface area contributed by atoms with E-state index in [2.05, 4.69) is 0 Å². The average Bonchev–Trinajstić information content (AvgIpc) is 2.85. The van der Waals surface area contributed by atoms with E-state index in [0.29, 0.717) is 29.2 Å². The van der Waals surface area contributed by atoms with Crippen LogP contribution in [0, 0.1) is 0 Å². The zero-order valence-corrected chi connectivity index (χ0v) is 20.7. The molecule has 0 bridgehead atoms. The molecule has 0 aliphatic heterocycles. The van der Waals surface area contributed by atoms with Gasteiger partial charge in [0, 0.05) is 11.4 Å². The second-order valence-corrected chi connectivity index (χ2v) is 9.97. The fraction of sp³-hybridized carbons (Fsp3) is 0.167. The standard InChI is InChI=1S/C24H15F9N2O5S/c25-22(26,27)14-2-1-3-19(11-14)41(39,40)34-17-4-6-18(7-5-17)35(20(36)21(37)38)12-13-8-15(23(28,29)30)10-16(9-13)24(31,32)33/h1-11,34H,12H2,(H,37,38). The van der Waals surface area contributed by atoms with E-state index < -0.39 is 74.1 Å². The number of rotatable bonds is 6. The van der Waals surface area contributed by atoms with E-state index in [4.69, 9.17) is 5.11 Å². The number of nitrogens with one attached hydrogen (secondary N) is 1. The molecule has 0 fully saturated rings. The van der Waals surface area contributed by atoms with Crippen molar-refractivity contribution in [2.75, 3.05) is 9.62 Å². The van der Waals surface area contributed by atoms with Crippen molar-refractivity contribution in [1.82, 2.24) is 0 Å². The van der Waals surface area contributed by atoms with Crippen LogP contribution in [0.15, 0.2) is 71.6 Å². The van der Waals surface area contributed by atoms with Crippen LogP contribution in [-0.4, -0.2) is 25.4 Å². The van der Waals surface area contributed by atoms with E-state index in [1.807, 2.05) is 4.72 Å². The first-order valence-corrected chi connectivity index (χ1v) is 12.3. The number of benzene rings is 3. The molecule has 2 N–H and O–H groups in total. The molecule has 0 aliphatic rings. The SMILES string of the molecule is O=C(O)C(=O)N(Cc1cc(C(F)(F)F)cc(C(F)(F)F)c1)c1ccc(NS(=O)(=O)c2cccc(C(F)(F)F)c2)cc1. The smallest absolute Gasteiger partial charge is 0.416 e. The van der Waals surface area contributed by atoms with Crippen LogP contribution >= 0.6 is 0 Å². The number of carboxylic acids is 1. The van der Waals surface area contributed by atoms with Crippen molar-refractivity contribution < 1.29 is 62.6 Å². The molecule has 17 heteroatoms. The molecule has 0 heterocycles. The average molecular weight is 614 g/mol. The van der Waals surface area contributed by atoms with Gasteiger partial charge in [0.1, 0.15) is 0 Å². The van der Waals surface area contributed by atoms with Gasteiger partial charge < -0.3 is 5.11 Å². The van der Waals surface area contributed by atoms with Gasteiger partial charge in [0.15, 0.2) is 0 Å². The van der Waals surface area contributed by atoms with E-state index >= 15 is 0 Å². The minimum Gasteiger partial charge on any atom is -0.474 e. The van der Waals surface area contributed by atoms with E-state index in [0.717, 1.165) is 36.4 Å². The number of hydrogen-bond donors (Lipinski definition) is 2. The van der Waals surface area contributed by atoms with Crippen molar-refractivity contribution in [2.24, 2.45) is 0 Å². The summed E-state index contributed by atoms with van der Waals surface area (Å²) in [5.41, 5.74) is -6.04. The van der Waals surface area contributed by atoms with Gasteiger partial charge in [-0.1, -0.05) is 6.07 Å². The van der Waals surface area contributed by atoms with Gasteiger partial charge in [-0.15, -0.1) is 0 Å². The summed E-state index contributed by atoms with van der Waals surface area (Å²) >= 11 is 0. The number of nitrogens with zero attached hydrogens (tertiary/aromatic N) is 1. The molecule has 3 rings (SSSR count). The Morgan fingerprint density at radius 1 is 0.732 bits per heavy atom. The van der Waals surface area contributed by atoms with Crippen LogP contribution in [-0.2, 0) is 44.7 Å². The fourth-order valence-electron chi connectivity index (χ4n) is 3.45. The van der Waals surface area contributed by atoms with Gasteiger partial charge in [-0.25, -0.2) is 13.2 Å². The summed E-state index contributed by atoms with van der Waals surface area (Å²) in [4.78, 5) is 23.2. The summed E-state index contributed by atoms with van der Waals surface area (Å²) in [7, 11) is -4.58. The Bertz CT molecular complexity index is 1530. The second kappa shape index (κ2) is 10.9. The Balaban J connectivity index is 1.96. The van der Waals surface area contributed by atoms with Crippen molar-refractivity contribution in [3.05, 3.63) is 89.0 Å². The second-order valence-electron chi connectivity index (χ2n) is 8.29. The van der Waals surface area contributed by atoms with E-state index in [1.165, 1.54) is 0 Å². The quantitative estimate of drug-likeness (QED) is 0.256. The van der Waals surface area contributed by atoms with E-state index in [1.54, 1.807) is 0 Å². The van der Waals surface area contributed by atoms with Crippen molar-refractivity contribution in [2.45, 2.75) is 30.0 Å². The lowest BCUT2D eigenvalue weighted by Gasteiger charge is -2.23. The molecular formula is C24H15F9N2O5S. The third-order valence-electron chi connectivity index (χ3n) is 5.32. The summed E-state index contributed by atoms with van der Waals surface area (Å²) in [6.07, 6.45) is -15.3. The monoisotopic (exact) mass is 614 g/mol. The predicted molar refractivity (Wildman–Crippen MR) is 124 cm³/mol. The number of halogens is 9. The number of carbonyl (C=O) groups excluding carboxylic acids is 1. The molecule has 0 radical (unpaired) electrons. The van der Waals surface area contributed by atoms with Crippen LogP contribution in [0.2, 0.25) is 0 Å². The molecule has 41 heavy (non-hydrogen) atoms. The van der Waals surface area contributed by atoms with Crippen molar-refractivity contribution >= 4 is 33.3 Å². The highest BCUT2D eigenvalue weighted by Crippen LogP contribution is 2.37. The topological polar surface area (TPSA) is 104 Å². The number of sulfonamides is 1. The number of aliphatic carboxylic acids is 1. The van der Waals surface area contributed by atoms with Gasteiger partial charge in [0.05, 0.1) is 28.1 Å². The number of amides is 1. The zero-order chi connectivity index (χ0) is 31.0. The minimum absolute atomic E-state index is 0.155. The first-order chi connectivity index (χ1) is 18.7. The summed E-state index contributed by atoms with van der Waals surface area (Å²) < 4.78 is 145. The third-order valence-corrected chi connectivity index (χ3v) is 6.70. The van der Waals surface area contributed by atoms with Gasteiger partial charge in [-0.2, -0.15) is 39.5 Å². The van der Waals surface area contributed by atoms with Crippen LogP contribution < -0.4 is 9.62 Å². The maximum absolute atomic E-state index is 13.2. The lowest BCUT2D eigenvalue weighted by Crippen LogP contribution is -2.36. The number of alkyl halides is 9. The molecule has 220 valence electrons. The van der Waals surface area contributed by atoms with Gasteiger partial charge in [0.25, 0.3) is 10.0 Å². The predicted octanol–water partition coefficient (Wildman–Crippen LogP) is 6.16. The van der Waals surface area contributed by atoms with Crippen LogP contribution in [0.1, 0.15) is 22.3 Å². The van der Waals surface area contributed by atoms with Gasteiger partial charge >= 0.3 is 30.4 Å². The molecule has 0 saturated heterocycles. The number of carboxylic acid groups (broad SMARTS) is 1. The molecule has 0 atom stereocenters. The van der Waals surface area contributed by atoms with Crippen LogP contribution in [0.25, 0.3) is 0 Å². The maximum Gasteiger partial charge on any atom is 0.416 e. The lowest BCUT2D eigenvalue weighted by atomic mass is 10.0. The Kier molecular flexibility index (Phi) is 8.34. The van der Waals surface area contributed by atoms with Crippen molar-refractivity contribution in [3.63, 3.8) is 0 Å². The van der Waals surface area contributed by atoms with Gasteiger partial charge in [0.2, 0.25) is 0 Å². The van der Waals surface area contributed by atoms with Crippen LogP contribution in [0.5, 0.6) is 0 Å². The highest BCUT2D eigenvalue weighted by Gasteiger charge is 2.37. The summed E-state index contributed by atoms with van der Waals surface area (Å²) in [6, 6.07) is 6.91. The molecule has 3 aromatic carbocycles. The van der Waals surface area contributed by atoms with Crippen LogP contribution in [0.4, 0.5) is 50.9 Å². The molecule has 1 amide bonds. The number of anilines is 2. The van der Waals surface area contributed by atoms with Crippen LogP contribution in [0.3, 0.4) is 0 Å². The Morgan fingerprint density at radius 2 is 1.24 bits per heavy atom. The fourth-order valence-corrected chi connectivity index (χ4v) is 4.56. The molecule has 0 spiro atoms. The summed E-state index contributed by atoms with van der Waals surface area (Å²) in [6.45, 7) is -1.06. The third kappa shape index (κ3) is 7.68. The zero-order valence-electron chi connectivity index (χ0n) is 19.9. The maximum atomic E-state index is 13.2. The Morgan fingerprint density at radius 3 is 1.71 bits per heavy atom. The largest absolute Gasteiger partial charge is 0.474 e. The number of carbonyl (C=O) groups is 2. The van der Waals surface area contributed by atoms with Crippen molar-refractivity contribution in [3.8, 4) is 0 Å². The Labute approximate surface area is 224 Å². The van der Waals surface area contributed by atoms with E-state index in [9.17, 15) is 57.5 Å². The molecule has 0 aliphatic carbocycles. The molecule has 0 unspecified atom stereocenters. The highest BCUT2D eigenvalue weighted by molar-refractivity contribution is 7.92. The molecule has 0 saturated carbocycles. The van der Waals surface area contributed by atoms with E-state index in [-0.39, 0.29) is 17.4 Å². The molecular weight excluding hydrogens is 599 g/mol. The first-order valence-electron chi connectivity index (χ1n) is 10.8. The van der Waals surface area contributed by atoms with Crippen molar-refractivity contribution in [1.29, 1.82) is 0 Å². The summed E-state index contributed by atoms with van der Waals surface area (Å²) in [5, 5.41) is 9.15. The first kappa shape index (κ1) is 31.3.